The smallest absolute Gasteiger partial charge is 0.280 e. The summed E-state index contributed by atoms with van der Waals surface area (Å²) in [6, 6.07) is 3.35. The molecule has 3 aromatic heterocycles. The molecule has 2 saturated heterocycles. The van der Waals surface area contributed by atoms with Crippen LogP contribution in [-0.2, 0) is 11.3 Å². The van der Waals surface area contributed by atoms with Gasteiger partial charge < -0.3 is 14.8 Å². The van der Waals surface area contributed by atoms with Crippen LogP contribution < -0.4 is 10.1 Å². The van der Waals surface area contributed by atoms with Crippen LogP contribution in [-0.4, -0.2) is 91.8 Å². The van der Waals surface area contributed by atoms with Crippen molar-refractivity contribution in [1.29, 1.82) is 0 Å². The second-order valence-electron chi connectivity index (χ2n) is 10.1. The van der Waals surface area contributed by atoms with Crippen LogP contribution in [0, 0.1) is 5.82 Å². The molecule has 0 amide bonds. The number of nitrogens with zero attached hydrogens (tertiary/aromatic N) is 7. The van der Waals surface area contributed by atoms with Crippen LogP contribution in [0.4, 0.5) is 27.9 Å². The lowest BCUT2D eigenvalue weighted by Crippen LogP contribution is -2.67. The van der Waals surface area contributed by atoms with Crippen molar-refractivity contribution in [3.8, 4) is 17.0 Å². The number of rotatable bonds is 7. The molecule has 0 aliphatic carbocycles. The molecule has 0 unspecified atom stereocenters. The molecule has 15 heteroatoms. The van der Waals surface area contributed by atoms with Gasteiger partial charge in [-0.15, -0.1) is 10.2 Å². The minimum absolute atomic E-state index is 0.0504. The predicted octanol–water partition coefficient (Wildman–Crippen LogP) is 3.46. The van der Waals surface area contributed by atoms with Gasteiger partial charge in [0.2, 0.25) is 11.8 Å². The van der Waals surface area contributed by atoms with Gasteiger partial charge in [-0.2, -0.15) is 4.98 Å². The van der Waals surface area contributed by atoms with Crippen molar-refractivity contribution >= 4 is 22.5 Å². The Kier molecular flexibility index (Phi) is 6.10. The summed E-state index contributed by atoms with van der Waals surface area (Å²) >= 11 is 0. The maximum Gasteiger partial charge on any atom is 0.280 e. The van der Waals surface area contributed by atoms with Crippen LogP contribution in [0.2, 0.25) is 0 Å². The maximum atomic E-state index is 15.3. The zero-order valence-electron chi connectivity index (χ0n) is 21.0. The summed E-state index contributed by atoms with van der Waals surface area (Å²) in [7, 11) is 1.32. The lowest BCUT2D eigenvalue weighted by Gasteiger charge is -2.51. The van der Waals surface area contributed by atoms with E-state index < -0.39 is 42.8 Å². The van der Waals surface area contributed by atoms with Crippen molar-refractivity contribution in [3.63, 3.8) is 0 Å². The molecule has 2 fully saturated rings. The van der Waals surface area contributed by atoms with E-state index in [1.165, 1.54) is 19.2 Å². The fourth-order valence-electron chi connectivity index (χ4n) is 5.20. The molecule has 0 bridgehead atoms. The molecule has 2 aliphatic heterocycles. The van der Waals surface area contributed by atoms with E-state index in [0.717, 1.165) is 15.4 Å². The summed E-state index contributed by atoms with van der Waals surface area (Å²) in [4.78, 5) is 6.00. The lowest BCUT2D eigenvalue weighted by molar-refractivity contribution is -0.174. The number of piperidine rings is 1. The summed E-state index contributed by atoms with van der Waals surface area (Å²) < 4.78 is 84.3. The first kappa shape index (κ1) is 25.7. The summed E-state index contributed by atoms with van der Waals surface area (Å²) in [5, 5.41) is 14.6. The molecule has 39 heavy (non-hydrogen) atoms. The van der Waals surface area contributed by atoms with E-state index >= 15 is 13.2 Å². The molecule has 0 spiro atoms. The molecule has 1 atom stereocenters. The molecule has 0 radical (unpaired) electrons. The second kappa shape index (κ2) is 9.26. The minimum atomic E-state index is -3.08. The number of hydrogen-bond acceptors (Lipinski definition) is 8. The first-order valence-electron chi connectivity index (χ1n) is 12.3. The van der Waals surface area contributed by atoms with Gasteiger partial charge in [0, 0.05) is 6.54 Å². The monoisotopic (exact) mass is 552 g/mol. The largest absolute Gasteiger partial charge is 0.479 e. The summed E-state index contributed by atoms with van der Waals surface area (Å²) in [5.74, 6) is -3.97. The molecule has 2 aliphatic rings. The number of anilines is 1. The third-order valence-electron chi connectivity index (χ3n) is 7.35. The molecule has 6 rings (SSSR count). The van der Waals surface area contributed by atoms with E-state index in [1.807, 2.05) is 6.92 Å². The number of ether oxygens (including phenoxy) is 2. The summed E-state index contributed by atoms with van der Waals surface area (Å²) in [6.45, 7) is 2.06. The lowest BCUT2D eigenvalue weighted by atomic mass is 9.91. The second-order valence-corrected chi connectivity index (χ2v) is 10.1. The Labute approximate surface area is 218 Å². The number of halogens is 5. The van der Waals surface area contributed by atoms with Gasteiger partial charge in [0.25, 0.3) is 12.3 Å². The Morgan fingerprint density at radius 2 is 2.05 bits per heavy atom. The number of likely N-dealkylation sites (tertiary alicyclic amines) is 1. The highest BCUT2D eigenvalue weighted by molar-refractivity contribution is 5.89. The number of alkyl halides is 4. The third kappa shape index (κ3) is 4.42. The Balaban J connectivity index is 1.32. The van der Waals surface area contributed by atoms with Crippen LogP contribution in [0.1, 0.15) is 13.3 Å². The van der Waals surface area contributed by atoms with Gasteiger partial charge in [-0.3, -0.25) is 4.90 Å². The fourth-order valence-corrected chi connectivity index (χ4v) is 5.20. The van der Waals surface area contributed by atoms with Crippen LogP contribution in [0.25, 0.3) is 27.7 Å². The van der Waals surface area contributed by atoms with Gasteiger partial charge in [-0.1, -0.05) is 11.3 Å². The van der Waals surface area contributed by atoms with Crippen molar-refractivity contribution in [1.82, 2.24) is 34.5 Å². The van der Waals surface area contributed by atoms with Crippen molar-refractivity contribution in [3.05, 3.63) is 30.2 Å². The molecular formula is C24H25F5N8O2. The summed E-state index contributed by atoms with van der Waals surface area (Å²) in [6.07, 6.45) is -1.44. The number of nitrogens with one attached hydrogen (secondary N) is 1. The molecule has 4 aromatic rings. The van der Waals surface area contributed by atoms with Crippen LogP contribution in [0.15, 0.2) is 24.4 Å². The Bertz CT molecular complexity index is 1540. The van der Waals surface area contributed by atoms with Gasteiger partial charge in [0.05, 0.1) is 55.7 Å². The van der Waals surface area contributed by atoms with Gasteiger partial charge in [-0.05, 0) is 31.0 Å². The Morgan fingerprint density at radius 1 is 1.26 bits per heavy atom. The molecule has 0 saturated carbocycles. The molecule has 1 N–H and O–H groups in total. The van der Waals surface area contributed by atoms with Crippen LogP contribution >= 0.6 is 0 Å². The topological polar surface area (TPSA) is 94.6 Å². The average molecular weight is 553 g/mol. The molecular weight excluding hydrogens is 527 g/mol. The van der Waals surface area contributed by atoms with Crippen molar-refractivity contribution in [2.75, 3.05) is 38.7 Å². The van der Waals surface area contributed by atoms with E-state index in [9.17, 15) is 8.78 Å². The number of fused-ring (bicyclic) bond motifs is 2. The number of benzene rings is 1. The average Bonchev–Trinajstić information content (AvgIpc) is 3.41. The van der Waals surface area contributed by atoms with Gasteiger partial charge in [0.1, 0.15) is 17.6 Å². The Hall–Kier alpha value is -3.59. The first-order valence-corrected chi connectivity index (χ1v) is 12.3. The quantitative estimate of drug-likeness (QED) is 0.349. The zero-order valence-corrected chi connectivity index (χ0v) is 21.0. The highest BCUT2D eigenvalue weighted by Gasteiger charge is 2.51. The Morgan fingerprint density at radius 3 is 2.72 bits per heavy atom. The van der Waals surface area contributed by atoms with E-state index in [2.05, 4.69) is 25.7 Å². The maximum absolute atomic E-state index is 15.3. The normalized spacial score (nSPS) is 21.0. The number of hydrogen-bond donors (Lipinski definition) is 1. The molecule has 208 valence electrons. The first-order chi connectivity index (χ1) is 18.6. The van der Waals surface area contributed by atoms with Crippen LogP contribution in [0.3, 0.4) is 0 Å². The van der Waals surface area contributed by atoms with Crippen molar-refractivity contribution < 1.29 is 31.4 Å². The minimum Gasteiger partial charge on any atom is -0.479 e. The van der Waals surface area contributed by atoms with Gasteiger partial charge in [-0.25, -0.2) is 31.1 Å². The highest BCUT2D eigenvalue weighted by Crippen LogP contribution is 2.38. The molecule has 10 nitrogen and oxygen atoms in total. The van der Waals surface area contributed by atoms with E-state index in [1.54, 1.807) is 11.0 Å². The van der Waals surface area contributed by atoms with Crippen LogP contribution in [0.5, 0.6) is 5.88 Å². The highest BCUT2D eigenvalue weighted by atomic mass is 19.3. The van der Waals surface area contributed by atoms with E-state index in [4.69, 9.17) is 9.47 Å². The van der Waals surface area contributed by atoms with Crippen molar-refractivity contribution in [2.24, 2.45) is 0 Å². The fraction of sp³-hybridized carbons (Fsp3) is 0.500. The van der Waals surface area contributed by atoms with E-state index in [0.29, 0.717) is 36.4 Å². The van der Waals surface area contributed by atoms with E-state index in [-0.39, 0.29) is 29.3 Å². The van der Waals surface area contributed by atoms with Gasteiger partial charge in [0.15, 0.2) is 5.82 Å². The van der Waals surface area contributed by atoms with Gasteiger partial charge >= 0.3 is 0 Å². The SMILES string of the molecule is COc1nc(N[C@@H]2CCN(C3(C)COC3)CC2(F)F)nn2cc(F)c(-c3ccc4nnn(CC(F)F)c4c3)c12. The summed E-state index contributed by atoms with van der Waals surface area (Å²) in [5.41, 5.74) is 0.786. The number of aromatic nitrogens is 6. The molecule has 1 aromatic carbocycles. The van der Waals surface area contributed by atoms with Crippen molar-refractivity contribution in [2.45, 2.75) is 43.8 Å². The standard InChI is InChI=1S/C24H25F5N8O2/c1-23(11-39-12-23)35-6-5-17(24(28,29)10-35)30-22-31-21(38-2)20-19(14(25)8-37(20)33-22)13-3-4-15-16(7-13)36(34-32-15)9-18(26)27/h3-4,7-8,17-18H,5-6,9-12H2,1-2H3,(H,30,33)/t17-/m1/s1. The number of methoxy groups -OCH3 is 1. The zero-order chi connectivity index (χ0) is 27.5. The predicted molar refractivity (Wildman–Crippen MR) is 130 cm³/mol. The molecule has 5 heterocycles. The third-order valence-corrected chi connectivity index (χ3v) is 7.35.